The Labute approximate surface area is 197 Å². The van der Waals surface area contributed by atoms with Crippen LogP contribution in [0.4, 0.5) is 0 Å². The van der Waals surface area contributed by atoms with E-state index in [2.05, 4.69) is 13.2 Å². The molecule has 0 bridgehead atoms. The van der Waals surface area contributed by atoms with E-state index in [1.807, 2.05) is 0 Å². The van der Waals surface area contributed by atoms with Crippen molar-refractivity contribution < 1.29 is 38.1 Å². The van der Waals surface area contributed by atoms with Crippen LogP contribution in [-0.4, -0.2) is 52.3 Å². The summed E-state index contributed by atoms with van der Waals surface area (Å²) in [5.41, 5.74) is 2.36. The lowest BCUT2D eigenvalue weighted by Gasteiger charge is -2.18. The van der Waals surface area contributed by atoms with Crippen LogP contribution in [0.5, 0.6) is 0 Å². The zero-order valence-electron chi connectivity index (χ0n) is 19.6. The molecule has 0 aliphatic rings. The lowest BCUT2D eigenvalue weighted by atomic mass is 9.86. The van der Waals surface area contributed by atoms with Crippen LogP contribution in [0.15, 0.2) is 49.6 Å². The molecular weight excluding hydrogens is 440 g/mol. The van der Waals surface area contributed by atoms with Gasteiger partial charge in [-0.15, -0.1) is 13.2 Å². The van der Waals surface area contributed by atoms with Gasteiger partial charge in [-0.05, 0) is 59.4 Å². The van der Waals surface area contributed by atoms with E-state index in [4.69, 9.17) is 18.9 Å². The third-order valence-electron chi connectivity index (χ3n) is 5.13. The zero-order valence-corrected chi connectivity index (χ0v) is 19.6. The first-order valence-corrected chi connectivity index (χ1v) is 10.2. The molecule has 0 heterocycles. The molecule has 8 heteroatoms. The van der Waals surface area contributed by atoms with Crippen molar-refractivity contribution >= 4 is 23.9 Å². The normalized spacial score (nSPS) is 10.1. The molecule has 0 saturated heterocycles. The maximum absolute atomic E-state index is 12.5. The second-order valence-corrected chi connectivity index (χ2v) is 7.06. The summed E-state index contributed by atoms with van der Waals surface area (Å²) < 4.78 is 19.4. The van der Waals surface area contributed by atoms with Crippen LogP contribution in [0, 0.1) is 0 Å². The number of esters is 4. The molecule has 178 valence electrons. The van der Waals surface area contributed by atoms with E-state index >= 15 is 0 Å². The summed E-state index contributed by atoms with van der Waals surface area (Å²) in [5, 5.41) is 0. The van der Waals surface area contributed by atoms with Gasteiger partial charge in [0.1, 0.15) is 0 Å². The van der Waals surface area contributed by atoms with Gasteiger partial charge in [-0.3, -0.25) is 0 Å². The fourth-order valence-electron chi connectivity index (χ4n) is 3.55. The maximum Gasteiger partial charge on any atom is 0.338 e. The summed E-state index contributed by atoms with van der Waals surface area (Å²) in [6.07, 6.45) is 3.94. The molecule has 0 aliphatic heterocycles. The first-order chi connectivity index (χ1) is 16.3. The molecule has 0 spiro atoms. The predicted octanol–water partition coefficient (Wildman–Crippen LogP) is 3.96. The van der Waals surface area contributed by atoms with Crippen molar-refractivity contribution in [1.29, 1.82) is 0 Å². The standard InChI is InChI=1S/C26H26O8/c1-7-9-15-11-19(23(27)31-3)21(25(29)33-5)13-17(15)18-14-22(26(30)34-6)20(24(28)32-4)12-16(18)10-8-2/h7-8,11-14H,1-2,9-10H2,3-6H3. The maximum atomic E-state index is 12.5. The average molecular weight is 466 g/mol. The van der Waals surface area contributed by atoms with Gasteiger partial charge in [-0.2, -0.15) is 0 Å². The molecule has 2 rings (SSSR count). The number of carbonyl (C=O) groups excluding carboxylic acids is 4. The van der Waals surface area contributed by atoms with Gasteiger partial charge in [-0.1, -0.05) is 12.2 Å². The molecule has 0 radical (unpaired) electrons. The van der Waals surface area contributed by atoms with Crippen molar-refractivity contribution in [2.24, 2.45) is 0 Å². The lowest BCUT2D eigenvalue weighted by molar-refractivity contribution is 0.0555. The third kappa shape index (κ3) is 5.23. The summed E-state index contributed by atoms with van der Waals surface area (Å²) in [6, 6.07) is 6.05. The number of carbonyl (C=O) groups is 4. The SMILES string of the molecule is C=CCc1cc(C(=O)OC)c(C(=O)OC)cc1-c1cc(C(=O)OC)c(C(=O)OC)cc1CC=C. The van der Waals surface area contributed by atoms with Crippen molar-refractivity contribution in [3.63, 3.8) is 0 Å². The Balaban J connectivity index is 3.01. The molecule has 0 unspecified atom stereocenters. The average Bonchev–Trinajstić information content (AvgIpc) is 2.86. The molecule has 0 saturated carbocycles. The summed E-state index contributed by atoms with van der Waals surface area (Å²) >= 11 is 0. The van der Waals surface area contributed by atoms with Gasteiger partial charge in [0.05, 0.1) is 50.7 Å². The molecule has 34 heavy (non-hydrogen) atoms. The Bertz CT molecular complexity index is 1070. The number of allylic oxidation sites excluding steroid dienone is 2. The van der Waals surface area contributed by atoms with Crippen LogP contribution in [-0.2, 0) is 31.8 Å². The van der Waals surface area contributed by atoms with Crippen LogP contribution in [0.3, 0.4) is 0 Å². The molecule has 8 nitrogen and oxygen atoms in total. The van der Waals surface area contributed by atoms with Crippen LogP contribution in [0.2, 0.25) is 0 Å². The number of ether oxygens (including phenoxy) is 4. The monoisotopic (exact) mass is 466 g/mol. The highest BCUT2D eigenvalue weighted by atomic mass is 16.5. The van der Waals surface area contributed by atoms with E-state index < -0.39 is 23.9 Å². The topological polar surface area (TPSA) is 105 Å². The van der Waals surface area contributed by atoms with Gasteiger partial charge in [-0.25, -0.2) is 19.2 Å². The fourth-order valence-corrected chi connectivity index (χ4v) is 3.55. The van der Waals surface area contributed by atoms with Crippen molar-refractivity contribution in [1.82, 2.24) is 0 Å². The van der Waals surface area contributed by atoms with E-state index in [-0.39, 0.29) is 22.3 Å². The summed E-state index contributed by atoms with van der Waals surface area (Å²) in [4.78, 5) is 49.8. The molecular formula is C26H26O8. The van der Waals surface area contributed by atoms with Gasteiger partial charge < -0.3 is 18.9 Å². The Morgan fingerprint density at radius 1 is 0.588 bits per heavy atom. The van der Waals surface area contributed by atoms with Gasteiger partial charge in [0.15, 0.2) is 0 Å². The Morgan fingerprint density at radius 2 is 0.853 bits per heavy atom. The number of hydrogen-bond donors (Lipinski definition) is 0. The molecule has 0 N–H and O–H groups in total. The van der Waals surface area contributed by atoms with E-state index in [0.29, 0.717) is 35.1 Å². The quantitative estimate of drug-likeness (QED) is 0.311. The highest BCUT2D eigenvalue weighted by Crippen LogP contribution is 2.34. The van der Waals surface area contributed by atoms with Crippen molar-refractivity contribution in [3.05, 3.63) is 83.0 Å². The summed E-state index contributed by atoms with van der Waals surface area (Å²) in [5.74, 6) is -2.90. The van der Waals surface area contributed by atoms with E-state index in [0.717, 1.165) is 0 Å². The van der Waals surface area contributed by atoms with Gasteiger partial charge in [0.25, 0.3) is 0 Å². The molecule has 0 amide bonds. The predicted molar refractivity (Wildman–Crippen MR) is 125 cm³/mol. The van der Waals surface area contributed by atoms with Crippen molar-refractivity contribution in [2.75, 3.05) is 28.4 Å². The van der Waals surface area contributed by atoms with Crippen LogP contribution in [0.25, 0.3) is 11.1 Å². The van der Waals surface area contributed by atoms with E-state index in [9.17, 15) is 19.2 Å². The molecule has 0 aliphatic carbocycles. The number of hydrogen-bond acceptors (Lipinski definition) is 8. The molecule has 0 atom stereocenters. The van der Waals surface area contributed by atoms with Crippen LogP contribution >= 0.6 is 0 Å². The molecule has 2 aromatic rings. The summed E-state index contributed by atoms with van der Waals surface area (Å²) in [6.45, 7) is 7.53. The minimum absolute atomic E-state index is 0.0154. The first-order valence-electron chi connectivity index (χ1n) is 10.2. The molecule has 2 aromatic carbocycles. The molecule has 0 aromatic heterocycles. The van der Waals surface area contributed by atoms with Gasteiger partial charge in [0.2, 0.25) is 0 Å². The largest absolute Gasteiger partial charge is 0.465 e. The second kappa shape index (κ2) is 11.6. The first kappa shape index (κ1) is 26.1. The van der Waals surface area contributed by atoms with Crippen molar-refractivity contribution in [3.8, 4) is 11.1 Å². The zero-order chi connectivity index (χ0) is 25.4. The minimum Gasteiger partial charge on any atom is -0.465 e. The highest BCUT2D eigenvalue weighted by Gasteiger charge is 2.26. The van der Waals surface area contributed by atoms with Crippen molar-refractivity contribution in [2.45, 2.75) is 12.8 Å². The van der Waals surface area contributed by atoms with E-state index in [1.54, 1.807) is 12.2 Å². The number of methoxy groups -OCH3 is 4. The minimum atomic E-state index is -0.739. The second-order valence-electron chi connectivity index (χ2n) is 7.06. The Hall–Kier alpha value is -4.20. The Morgan fingerprint density at radius 3 is 1.09 bits per heavy atom. The van der Waals surface area contributed by atoms with Crippen LogP contribution < -0.4 is 0 Å². The van der Waals surface area contributed by atoms with Crippen LogP contribution in [0.1, 0.15) is 52.6 Å². The third-order valence-corrected chi connectivity index (χ3v) is 5.13. The number of benzene rings is 2. The van der Waals surface area contributed by atoms with Gasteiger partial charge >= 0.3 is 23.9 Å². The van der Waals surface area contributed by atoms with Gasteiger partial charge in [0, 0.05) is 0 Å². The number of rotatable bonds is 9. The van der Waals surface area contributed by atoms with E-state index in [1.165, 1.54) is 52.7 Å². The Kier molecular flexibility index (Phi) is 8.89. The highest BCUT2D eigenvalue weighted by molar-refractivity contribution is 6.06. The lowest BCUT2D eigenvalue weighted by Crippen LogP contribution is -2.15. The molecule has 0 fully saturated rings. The summed E-state index contributed by atoms with van der Waals surface area (Å²) in [7, 11) is 4.82. The smallest absolute Gasteiger partial charge is 0.338 e. The fraction of sp³-hybridized carbons (Fsp3) is 0.231.